The highest BCUT2D eigenvalue weighted by Gasteiger charge is 2.20. The van der Waals surface area contributed by atoms with Crippen LogP contribution in [0, 0.1) is 0 Å². The molecule has 2 rings (SSSR count). The van der Waals surface area contributed by atoms with Crippen LogP contribution < -0.4 is 10.1 Å². The van der Waals surface area contributed by atoms with E-state index in [1.54, 1.807) is 30.5 Å². The molecule has 0 aliphatic heterocycles. The fourth-order valence-corrected chi connectivity index (χ4v) is 2.32. The third-order valence-corrected chi connectivity index (χ3v) is 3.61. The Morgan fingerprint density at radius 3 is 2.88 bits per heavy atom. The van der Waals surface area contributed by atoms with Crippen molar-refractivity contribution in [2.75, 3.05) is 20.3 Å². The smallest absolute Gasteiger partial charge is 0.326 e. The van der Waals surface area contributed by atoms with Gasteiger partial charge in [-0.3, -0.25) is 9.78 Å². The molecule has 0 radical (unpaired) electrons. The minimum atomic E-state index is -1.13. The molecule has 2 N–H and O–H groups in total. The van der Waals surface area contributed by atoms with Gasteiger partial charge < -0.3 is 19.9 Å². The Labute approximate surface area is 143 Å². The second kappa shape index (κ2) is 8.47. The van der Waals surface area contributed by atoms with Crippen molar-refractivity contribution in [3.63, 3.8) is 0 Å². The number of aliphatic carboxylic acids is 1. The number of nitrogens with zero attached hydrogens (tertiary/aromatic N) is 1. The zero-order valence-corrected chi connectivity index (χ0v) is 13.7. The summed E-state index contributed by atoms with van der Waals surface area (Å²) in [6.07, 6.45) is 1.76. The van der Waals surface area contributed by atoms with Crippen LogP contribution in [0.5, 0.6) is 5.75 Å². The average Bonchev–Trinajstić information content (AvgIpc) is 2.58. The Hall–Kier alpha value is -2.38. The minimum Gasteiger partial charge on any atom is -0.481 e. The number of methoxy groups -OCH3 is 1. The number of hydrogen-bond donors (Lipinski definition) is 2. The topological polar surface area (TPSA) is 97.8 Å². The lowest BCUT2D eigenvalue weighted by molar-refractivity contribution is -0.142. The first-order chi connectivity index (χ1) is 11.5. The van der Waals surface area contributed by atoms with Crippen molar-refractivity contribution in [1.82, 2.24) is 10.3 Å². The molecule has 1 heterocycles. The van der Waals surface area contributed by atoms with Crippen molar-refractivity contribution in [3.8, 4) is 5.75 Å². The van der Waals surface area contributed by atoms with E-state index in [4.69, 9.17) is 26.2 Å². The van der Waals surface area contributed by atoms with Gasteiger partial charge in [-0.25, -0.2) is 4.79 Å². The van der Waals surface area contributed by atoms with Gasteiger partial charge in [-0.1, -0.05) is 11.6 Å². The zero-order valence-electron chi connectivity index (χ0n) is 13.0. The fraction of sp³-hybridized carbons (Fsp3) is 0.312. The molecule has 0 spiro atoms. The van der Waals surface area contributed by atoms with Crippen molar-refractivity contribution in [2.24, 2.45) is 0 Å². The van der Waals surface area contributed by atoms with Gasteiger partial charge in [-0.05, 0) is 24.3 Å². The number of ether oxygens (including phenoxy) is 2. The number of fused-ring (bicyclic) bond motifs is 1. The van der Waals surface area contributed by atoms with Crippen LogP contribution in [0.3, 0.4) is 0 Å². The van der Waals surface area contributed by atoms with Crippen LogP contribution in [0.15, 0.2) is 30.5 Å². The lowest BCUT2D eigenvalue weighted by Crippen LogP contribution is -2.43. The van der Waals surface area contributed by atoms with E-state index >= 15 is 0 Å². The third-order valence-electron chi connectivity index (χ3n) is 3.28. The molecule has 0 fully saturated rings. The van der Waals surface area contributed by atoms with E-state index in [0.717, 1.165) is 0 Å². The molecule has 0 bridgehead atoms. The first-order valence-corrected chi connectivity index (χ1v) is 7.58. The van der Waals surface area contributed by atoms with Gasteiger partial charge in [0, 0.05) is 31.7 Å². The maximum atomic E-state index is 11.9. The molecule has 2 aromatic rings. The van der Waals surface area contributed by atoms with E-state index in [9.17, 15) is 9.59 Å². The normalized spacial score (nSPS) is 11.9. The average molecular weight is 353 g/mol. The third kappa shape index (κ3) is 4.56. The summed E-state index contributed by atoms with van der Waals surface area (Å²) >= 11 is 6.09. The summed E-state index contributed by atoms with van der Waals surface area (Å²) < 4.78 is 10.3. The summed E-state index contributed by atoms with van der Waals surface area (Å²) in [4.78, 5) is 27.2. The van der Waals surface area contributed by atoms with Gasteiger partial charge in [-0.15, -0.1) is 0 Å². The van der Waals surface area contributed by atoms with Gasteiger partial charge in [-0.2, -0.15) is 0 Å². The molecule has 1 atom stereocenters. The first-order valence-electron chi connectivity index (χ1n) is 7.20. The predicted molar refractivity (Wildman–Crippen MR) is 88.3 cm³/mol. The molecule has 1 unspecified atom stereocenters. The number of benzene rings is 1. The number of carbonyl (C=O) groups excluding carboxylic acids is 1. The second-order valence-electron chi connectivity index (χ2n) is 4.97. The van der Waals surface area contributed by atoms with Crippen LogP contribution in [-0.2, 0) is 14.3 Å². The summed E-state index contributed by atoms with van der Waals surface area (Å²) in [6.45, 7) is -0.103. The molecular formula is C16H17ClN2O5. The Morgan fingerprint density at radius 1 is 1.38 bits per heavy atom. The fourth-order valence-electron chi connectivity index (χ4n) is 2.10. The molecule has 24 heavy (non-hydrogen) atoms. The van der Waals surface area contributed by atoms with Gasteiger partial charge in [0.15, 0.2) is 6.61 Å². The van der Waals surface area contributed by atoms with E-state index < -0.39 is 17.9 Å². The second-order valence-corrected chi connectivity index (χ2v) is 5.38. The van der Waals surface area contributed by atoms with Crippen LogP contribution >= 0.6 is 11.6 Å². The van der Waals surface area contributed by atoms with Crippen LogP contribution in [0.4, 0.5) is 0 Å². The number of aromatic nitrogens is 1. The van der Waals surface area contributed by atoms with Gasteiger partial charge in [0.1, 0.15) is 17.3 Å². The van der Waals surface area contributed by atoms with E-state index in [1.165, 1.54) is 7.11 Å². The van der Waals surface area contributed by atoms with E-state index in [2.05, 4.69) is 10.3 Å². The highest BCUT2D eigenvalue weighted by molar-refractivity contribution is 6.35. The summed E-state index contributed by atoms with van der Waals surface area (Å²) in [5.41, 5.74) is 0.534. The lowest BCUT2D eigenvalue weighted by atomic mass is 10.2. The molecule has 1 aromatic heterocycles. The number of rotatable bonds is 8. The van der Waals surface area contributed by atoms with Crippen LogP contribution in [0.2, 0.25) is 5.02 Å². The number of carbonyl (C=O) groups is 2. The number of halogens is 1. The van der Waals surface area contributed by atoms with Gasteiger partial charge in [0.25, 0.3) is 5.91 Å². The molecule has 1 aromatic carbocycles. The number of amides is 1. The van der Waals surface area contributed by atoms with Crippen molar-refractivity contribution < 1.29 is 24.2 Å². The maximum absolute atomic E-state index is 11.9. The molecule has 0 saturated heterocycles. The van der Waals surface area contributed by atoms with Crippen LogP contribution in [0.25, 0.3) is 10.9 Å². The minimum absolute atomic E-state index is 0.170. The number of carboxylic acid groups (broad SMARTS) is 1. The zero-order chi connectivity index (χ0) is 17.5. The molecule has 7 nitrogen and oxygen atoms in total. The number of nitrogens with one attached hydrogen (secondary N) is 1. The maximum Gasteiger partial charge on any atom is 0.326 e. The molecular weight excluding hydrogens is 336 g/mol. The number of pyridine rings is 1. The van der Waals surface area contributed by atoms with Gasteiger partial charge in [0.05, 0.1) is 5.02 Å². The Morgan fingerprint density at radius 2 is 2.17 bits per heavy atom. The van der Waals surface area contributed by atoms with Crippen molar-refractivity contribution >= 4 is 34.4 Å². The molecule has 1 amide bonds. The summed E-state index contributed by atoms with van der Waals surface area (Å²) in [7, 11) is 1.46. The summed E-state index contributed by atoms with van der Waals surface area (Å²) in [6, 6.07) is 5.78. The van der Waals surface area contributed by atoms with E-state index in [0.29, 0.717) is 21.7 Å². The van der Waals surface area contributed by atoms with Crippen LogP contribution in [-0.4, -0.2) is 48.3 Å². The van der Waals surface area contributed by atoms with Crippen molar-refractivity contribution in [2.45, 2.75) is 12.5 Å². The number of hydrogen-bond acceptors (Lipinski definition) is 5. The van der Waals surface area contributed by atoms with E-state index in [-0.39, 0.29) is 19.6 Å². The van der Waals surface area contributed by atoms with Crippen molar-refractivity contribution in [3.05, 3.63) is 35.5 Å². The largest absolute Gasteiger partial charge is 0.481 e. The predicted octanol–water partition coefficient (Wildman–Crippen LogP) is 1.87. The Bertz CT molecular complexity index is 737. The standard InChI is InChI=1S/C16H17ClN2O5/c1-23-8-6-12(16(21)22)19-14(20)9-24-13-5-4-11(17)10-3-2-7-18-15(10)13/h2-5,7,12H,6,8-9H2,1H3,(H,19,20)(H,21,22). The lowest BCUT2D eigenvalue weighted by Gasteiger charge is -2.15. The Balaban J connectivity index is 2.01. The first kappa shape index (κ1) is 18.0. The molecule has 0 saturated carbocycles. The quantitative estimate of drug-likeness (QED) is 0.752. The summed E-state index contributed by atoms with van der Waals surface area (Å²) in [5, 5.41) is 12.7. The highest BCUT2D eigenvalue weighted by atomic mass is 35.5. The SMILES string of the molecule is COCCC(NC(=O)COc1ccc(Cl)c2cccnc12)C(=O)O. The Kier molecular flexibility index (Phi) is 6.34. The summed E-state index contributed by atoms with van der Waals surface area (Å²) in [5.74, 6) is -1.27. The molecule has 0 aliphatic carbocycles. The van der Waals surface area contributed by atoms with Crippen molar-refractivity contribution in [1.29, 1.82) is 0 Å². The van der Waals surface area contributed by atoms with E-state index in [1.807, 2.05) is 0 Å². The molecule has 8 heteroatoms. The van der Waals surface area contributed by atoms with Crippen LogP contribution in [0.1, 0.15) is 6.42 Å². The monoisotopic (exact) mass is 352 g/mol. The highest BCUT2D eigenvalue weighted by Crippen LogP contribution is 2.29. The number of carboxylic acids is 1. The molecule has 0 aliphatic rings. The van der Waals surface area contributed by atoms with Gasteiger partial charge >= 0.3 is 5.97 Å². The molecule has 128 valence electrons. The van der Waals surface area contributed by atoms with Gasteiger partial charge in [0.2, 0.25) is 0 Å².